The zero-order valence-corrected chi connectivity index (χ0v) is 12.6. The predicted octanol–water partition coefficient (Wildman–Crippen LogP) is 1.01. The van der Waals surface area contributed by atoms with E-state index in [0.717, 1.165) is 32.4 Å². The lowest BCUT2D eigenvalue weighted by molar-refractivity contribution is 0.0669. The van der Waals surface area contributed by atoms with Gasteiger partial charge in [0.05, 0.1) is 0 Å². The van der Waals surface area contributed by atoms with Gasteiger partial charge in [0, 0.05) is 38.0 Å². The van der Waals surface area contributed by atoms with Crippen LogP contribution in [0.25, 0.3) is 0 Å². The maximum atomic E-state index is 12.4. The number of carbonyl (C=O) groups excluding carboxylic acids is 1. The van der Waals surface area contributed by atoms with Crippen LogP contribution in [0.1, 0.15) is 29.6 Å². The molecule has 6 heteroatoms. The predicted molar refractivity (Wildman–Crippen MR) is 81.2 cm³/mol. The van der Waals surface area contributed by atoms with E-state index in [9.17, 15) is 9.59 Å². The van der Waals surface area contributed by atoms with Crippen LogP contribution in [0, 0.1) is 5.92 Å². The molecule has 1 amide bonds. The second kappa shape index (κ2) is 7.45. The Balaban J connectivity index is 0.00000200. The molecular weight excluding hydrogens is 278 g/mol. The van der Waals surface area contributed by atoms with Gasteiger partial charge in [0.2, 0.25) is 0 Å². The van der Waals surface area contributed by atoms with Crippen molar-refractivity contribution in [2.75, 3.05) is 19.6 Å². The zero-order valence-electron chi connectivity index (χ0n) is 11.7. The molecule has 5 nitrogen and oxygen atoms in total. The van der Waals surface area contributed by atoms with E-state index in [-0.39, 0.29) is 23.9 Å². The van der Waals surface area contributed by atoms with Crippen molar-refractivity contribution in [1.82, 2.24) is 9.47 Å². The highest BCUT2D eigenvalue weighted by Crippen LogP contribution is 2.20. The van der Waals surface area contributed by atoms with E-state index in [1.54, 1.807) is 19.3 Å². The Hall–Kier alpha value is -1.33. The van der Waals surface area contributed by atoms with Gasteiger partial charge < -0.3 is 15.2 Å². The molecule has 0 bridgehead atoms. The van der Waals surface area contributed by atoms with Gasteiger partial charge in [-0.3, -0.25) is 9.59 Å². The lowest BCUT2D eigenvalue weighted by Gasteiger charge is -2.32. The summed E-state index contributed by atoms with van der Waals surface area (Å²) in [7, 11) is 1.68. The number of halogens is 1. The Kier molecular flexibility index (Phi) is 6.23. The van der Waals surface area contributed by atoms with Crippen LogP contribution in [0.4, 0.5) is 0 Å². The molecule has 0 spiro atoms. The molecule has 1 aliphatic heterocycles. The second-order valence-corrected chi connectivity index (χ2v) is 5.20. The molecule has 2 rings (SSSR count). The Labute approximate surface area is 125 Å². The Morgan fingerprint density at radius 1 is 1.50 bits per heavy atom. The van der Waals surface area contributed by atoms with Crippen molar-refractivity contribution >= 4 is 18.3 Å². The van der Waals surface area contributed by atoms with Crippen molar-refractivity contribution in [3.05, 3.63) is 34.2 Å². The molecule has 2 N–H and O–H groups in total. The maximum Gasteiger partial charge on any atom is 0.254 e. The zero-order chi connectivity index (χ0) is 13.8. The van der Waals surface area contributed by atoms with Gasteiger partial charge in [-0.25, -0.2) is 0 Å². The summed E-state index contributed by atoms with van der Waals surface area (Å²) in [6.07, 6.45) is 4.75. The number of hydrogen-bond donors (Lipinski definition) is 1. The number of pyridine rings is 1. The van der Waals surface area contributed by atoms with Crippen molar-refractivity contribution < 1.29 is 4.79 Å². The first-order chi connectivity index (χ1) is 9.11. The minimum Gasteiger partial charge on any atom is -0.338 e. The number of amides is 1. The van der Waals surface area contributed by atoms with Crippen LogP contribution < -0.4 is 11.3 Å². The van der Waals surface area contributed by atoms with Crippen LogP contribution in [0.2, 0.25) is 0 Å². The lowest BCUT2D eigenvalue weighted by Crippen LogP contribution is -2.40. The molecular formula is C14H22ClN3O2. The number of carbonyl (C=O) groups is 1. The van der Waals surface area contributed by atoms with Gasteiger partial charge in [0.15, 0.2) is 0 Å². The van der Waals surface area contributed by atoms with Crippen LogP contribution in [0.3, 0.4) is 0 Å². The molecule has 2 heterocycles. The number of piperidine rings is 1. The summed E-state index contributed by atoms with van der Waals surface area (Å²) in [6, 6.07) is 3.12. The molecule has 0 saturated carbocycles. The average Bonchev–Trinajstić information content (AvgIpc) is 2.42. The van der Waals surface area contributed by atoms with Crippen LogP contribution in [-0.2, 0) is 7.05 Å². The van der Waals surface area contributed by atoms with Crippen molar-refractivity contribution in [1.29, 1.82) is 0 Å². The number of likely N-dealkylation sites (tertiary alicyclic amines) is 1. The monoisotopic (exact) mass is 299 g/mol. The molecule has 1 aliphatic rings. The summed E-state index contributed by atoms with van der Waals surface area (Å²) in [4.78, 5) is 25.8. The standard InChI is InChI=1S/C14H21N3O2.ClH/c1-16-8-5-12(9-13(16)18)14(19)17-7-2-3-11(10-17)4-6-15;/h5,8-9,11H,2-4,6-7,10,15H2,1H3;1H. The van der Waals surface area contributed by atoms with Gasteiger partial charge in [0.1, 0.15) is 0 Å². The van der Waals surface area contributed by atoms with Crippen molar-refractivity contribution in [2.45, 2.75) is 19.3 Å². The molecule has 20 heavy (non-hydrogen) atoms. The van der Waals surface area contributed by atoms with Crippen LogP contribution in [0.15, 0.2) is 23.1 Å². The first-order valence-corrected chi connectivity index (χ1v) is 6.78. The fourth-order valence-electron chi connectivity index (χ4n) is 2.58. The van der Waals surface area contributed by atoms with E-state index in [2.05, 4.69) is 0 Å². The van der Waals surface area contributed by atoms with Crippen LogP contribution in [-0.4, -0.2) is 35.0 Å². The van der Waals surface area contributed by atoms with Gasteiger partial charge in [-0.2, -0.15) is 0 Å². The molecule has 1 atom stereocenters. The molecule has 0 radical (unpaired) electrons. The molecule has 1 aromatic heterocycles. The maximum absolute atomic E-state index is 12.4. The van der Waals surface area contributed by atoms with Crippen LogP contribution in [0.5, 0.6) is 0 Å². The third-order valence-corrected chi connectivity index (χ3v) is 3.73. The van der Waals surface area contributed by atoms with Crippen molar-refractivity contribution in [3.63, 3.8) is 0 Å². The molecule has 0 aromatic carbocycles. The summed E-state index contributed by atoms with van der Waals surface area (Å²) < 4.78 is 1.46. The Bertz CT molecular complexity index is 513. The normalized spacial score (nSPS) is 18.5. The molecule has 1 fully saturated rings. The summed E-state index contributed by atoms with van der Waals surface area (Å²) in [6.45, 7) is 2.19. The van der Waals surface area contributed by atoms with E-state index < -0.39 is 0 Å². The molecule has 112 valence electrons. The number of aryl methyl sites for hydroxylation is 1. The molecule has 1 aromatic rings. The summed E-state index contributed by atoms with van der Waals surface area (Å²) in [5, 5.41) is 0. The summed E-state index contributed by atoms with van der Waals surface area (Å²) >= 11 is 0. The number of nitrogens with two attached hydrogens (primary N) is 1. The Morgan fingerprint density at radius 3 is 2.90 bits per heavy atom. The summed E-state index contributed by atoms with van der Waals surface area (Å²) in [5.41, 5.74) is 5.91. The van der Waals surface area contributed by atoms with Gasteiger partial charge in [-0.05, 0) is 37.8 Å². The highest BCUT2D eigenvalue weighted by molar-refractivity contribution is 5.94. The third-order valence-electron chi connectivity index (χ3n) is 3.73. The Morgan fingerprint density at radius 2 is 2.25 bits per heavy atom. The van der Waals surface area contributed by atoms with Crippen molar-refractivity contribution in [2.24, 2.45) is 18.7 Å². The molecule has 0 aliphatic carbocycles. The lowest BCUT2D eigenvalue weighted by atomic mass is 9.94. The quantitative estimate of drug-likeness (QED) is 0.905. The number of nitrogens with zero attached hydrogens (tertiary/aromatic N) is 2. The fraction of sp³-hybridized carbons (Fsp3) is 0.571. The van der Waals surface area contributed by atoms with Crippen LogP contribution >= 0.6 is 12.4 Å². The number of rotatable bonds is 3. The van der Waals surface area contributed by atoms with Crippen molar-refractivity contribution in [3.8, 4) is 0 Å². The largest absolute Gasteiger partial charge is 0.338 e. The van der Waals surface area contributed by atoms with Gasteiger partial charge in [-0.1, -0.05) is 0 Å². The summed E-state index contributed by atoms with van der Waals surface area (Å²) in [5.74, 6) is 0.452. The third kappa shape index (κ3) is 3.84. The van der Waals surface area contributed by atoms with Gasteiger partial charge >= 0.3 is 0 Å². The minimum atomic E-state index is -0.152. The molecule has 1 unspecified atom stereocenters. The average molecular weight is 300 g/mol. The highest BCUT2D eigenvalue weighted by atomic mass is 35.5. The number of hydrogen-bond acceptors (Lipinski definition) is 3. The fourth-order valence-corrected chi connectivity index (χ4v) is 2.58. The molecule has 1 saturated heterocycles. The van der Waals surface area contributed by atoms with Gasteiger partial charge in [-0.15, -0.1) is 12.4 Å². The van der Waals surface area contributed by atoms with E-state index in [4.69, 9.17) is 5.73 Å². The van der Waals surface area contributed by atoms with E-state index in [1.165, 1.54) is 10.6 Å². The topological polar surface area (TPSA) is 68.3 Å². The highest BCUT2D eigenvalue weighted by Gasteiger charge is 2.24. The number of aromatic nitrogens is 1. The van der Waals surface area contributed by atoms with E-state index in [0.29, 0.717) is 18.0 Å². The first-order valence-electron chi connectivity index (χ1n) is 6.78. The smallest absolute Gasteiger partial charge is 0.254 e. The van der Waals surface area contributed by atoms with E-state index >= 15 is 0 Å². The minimum absolute atomic E-state index is 0. The second-order valence-electron chi connectivity index (χ2n) is 5.20. The SMILES string of the molecule is Cl.Cn1ccc(C(=O)N2CCCC(CCN)C2)cc1=O. The van der Waals surface area contributed by atoms with Gasteiger partial charge in [0.25, 0.3) is 11.5 Å². The first kappa shape index (κ1) is 16.7. The van der Waals surface area contributed by atoms with E-state index in [1.807, 2.05) is 4.90 Å².